The molecule has 198 valence electrons. The number of benzene rings is 1. The molecule has 2 unspecified atom stereocenters. The molecule has 4 atom stereocenters. The second kappa shape index (κ2) is 11.3. The van der Waals surface area contributed by atoms with Crippen molar-refractivity contribution in [1.82, 2.24) is 14.6 Å². The lowest BCUT2D eigenvalue weighted by atomic mass is 10.1. The average Bonchev–Trinajstić information content (AvgIpc) is 3.16. The first-order valence-electron chi connectivity index (χ1n) is 11.2. The van der Waals surface area contributed by atoms with Crippen LogP contribution in [0.5, 0.6) is 5.75 Å². The zero-order valence-corrected chi connectivity index (χ0v) is 21.9. The summed E-state index contributed by atoms with van der Waals surface area (Å²) in [6.07, 6.45) is -1.62. The van der Waals surface area contributed by atoms with E-state index < -0.39 is 55.5 Å². The van der Waals surface area contributed by atoms with Gasteiger partial charge in [0, 0.05) is 23.2 Å². The molecule has 0 spiro atoms. The van der Waals surface area contributed by atoms with Crippen molar-refractivity contribution < 1.29 is 33.0 Å². The number of carbonyl (C=O) groups is 1. The van der Waals surface area contributed by atoms with Crippen molar-refractivity contribution in [3.8, 4) is 5.75 Å². The maximum Gasteiger partial charge on any atom is 0.459 e. The zero-order chi connectivity index (χ0) is 26.7. The Morgan fingerprint density at radius 3 is 2.64 bits per heavy atom. The van der Waals surface area contributed by atoms with Crippen molar-refractivity contribution in [2.75, 3.05) is 13.2 Å². The molecule has 0 radical (unpaired) electrons. The molecule has 1 saturated heterocycles. The molecular formula is C22H29ClN3O9P. The number of esters is 1. The number of aromatic nitrogens is 2. The van der Waals surface area contributed by atoms with E-state index in [1.165, 1.54) is 51.2 Å². The van der Waals surface area contributed by atoms with Crippen LogP contribution in [0.25, 0.3) is 0 Å². The standard InChI is InChI=1S/C22H29ClN3O9P/c1-5-32-20(29)22(3,4)25-36(31,35-15-8-6-14(23)7-9-15)33-12-17-16(27)10-18(34-17)26-11-13(2)19(28)24-21(26)30/h6-9,11,16-18,27H,5,10,12H2,1-4H3,(H,25,31)(H,24,28,30)/t16?,17-,18-,36?/m1/s1. The number of halogens is 1. The summed E-state index contributed by atoms with van der Waals surface area (Å²) in [7, 11) is -4.25. The topological polar surface area (TPSA) is 158 Å². The number of nitrogens with one attached hydrogen (secondary N) is 2. The fourth-order valence-corrected chi connectivity index (χ4v) is 5.23. The van der Waals surface area contributed by atoms with E-state index in [-0.39, 0.29) is 18.8 Å². The number of nitrogens with zero attached hydrogens (tertiary/aromatic N) is 1. The largest absolute Gasteiger partial charge is 0.465 e. The van der Waals surface area contributed by atoms with Gasteiger partial charge in [0.2, 0.25) is 0 Å². The van der Waals surface area contributed by atoms with Gasteiger partial charge in [-0.2, -0.15) is 5.09 Å². The fourth-order valence-electron chi connectivity index (χ4n) is 3.42. The van der Waals surface area contributed by atoms with Gasteiger partial charge in [0.1, 0.15) is 23.6 Å². The molecule has 1 aliphatic heterocycles. The molecule has 0 aliphatic carbocycles. The van der Waals surface area contributed by atoms with Gasteiger partial charge in [0.05, 0.1) is 19.3 Å². The van der Waals surface area contributed by atoms with E-state index >= 15 is 0 Å². The van der Waals surface area contributed by atoms with E-state index in [9.17, 15) is 24.1 Å². The lowest BCUT2D eigenvalue weighted by molar-refractivity contribution is -0.149. The molecule has 0 saturated carbocycles. The summed E-state index contributed by atoms with van der Waals surface area (Å²) in [5.74, 6) is -0.533. The van der Waals surface area contributed by atoms with Crippen LogP contribution in [-0.2, 0) is 23.4 Å². The van der Waals surface area contributed by atoms with Gasteiger partial charge in [-0.3, -0.25) is 23.7 Å². The number of aromatic amines is 1. The summed E-state index contributed by atoms with van der Waals surface area (Å²) in [5, 5.41) is 13.5. The summed E-state index contributed by atoms with van der Waals surface area (Å²) >= 11 is 5.90. The van der Waals surface area contributed by atoms with Crippen LogP contribution >= 0.6 is 19.3 Å². The zero-order valence-electron chi connectivity index (χ0n) is 20.2. The molecule has 2 heterocycles. The molecule has 2 aromatic rings. The number of H-pyrrole nitrogens is 1. The number of aliphatic hydroxyl groups excluding tert-OH is 1. The molecule has 1 aliphatic rings. The molecule has 1 aromatic heterocycles. The Morgan fingerprint density at radius 1 is 1.33 bits per heavy atom. The predicted molar refractivity (Wildman–Crippen MR) is 130 cm³/mol. The average molecular weight is 546 g/mol. The summed E-state index contributed by atoms with van der Waals surface area (Å²) in [5.41, 5.74) is -2.39. The molecule has 12 nitrogen and oxygen atoms in total. The fraction of sp³-hybridized carbons (Fsp3) is 0.500. The summed E-state index contributed by atoms with van der Waals surface area (Å²) in [6, 6.07) is 5.99. The highest BCUT2D eigenvalue weighted by molar-refractivity contribution is 7.52. The first-order chi connectivity index (χ1) is 16.8. The van der Waals surface area contributed by atoms with Gasteiger partial charge in [-0.05, 0) is 52.0 Å². The van der Waals surface area contributed by atoms with Gasteiger partial charge >= 0.3 is 19.4 Å². The highest BCUT2D eigenvalue weighted by Crippen LogP contribution is 2.47. The predicted octanol–water partition coefficient (Wildman–Crippen LogP) is 2.28. The summed E-state index contributed by atoms with van der Waals surface area (Å²) < 4.78 is 36.9. The van der Waals surface area contributed by atoms with Crippen molar-refractivity contribution in [3.63, 3.8) is 0 Å². The van der Waals surface area contributed by atoms with Crippen molar-refractivity contribution in [1.29, 1.82) is 0 Å². The first kappa shape index (κ1) is 28.1. The van der Waals surface area contributed by atoms with Gasteiger partial charge in [-0.1, -0.05) is 11.6 Å². The molecule has 0 bridgehead atoms. The molecule has 1 fully saturated rings. The number of carbonyl (C=O) groups excluding carboxylic acids is 1. The van der Waals surface area contributed by atoms with E-state index in [0.717, 1.165) is 4.57 Å². The SMILES string of the molecule is CCOC(=O)C(C)(C)NP(=O)(OC[C@H]1O[C@@H](n2cc(C)c(=O)[nH]c2=O)CC1O)Oc1ccc(Cl)cc1. The highest BCUT2D eigenvalue weighted by Gasteiger charge is 2.43. The van der Waals surface area contributed by atoms with Crippen LogP contribution in [0.2, 0.25) is 5.02 Å². The van der Waals surface area contributed by atoms with Crippen LogP contribution in [-0.4, -0.2) is 51.6 Å². The number of hydrogen-bond acceptors (Lipinski definition) is 9. The van der Waals surface area contributed by atoms with Crippen LogP contribution in [0.3, 0.4) is 0 Å². The number of ether oxygens (including phenoxy) is 2. The molecule has 0 amide bonds. The Labute approximate surface area is 212 Å². The monoisotopic (exact) mass is 545 g/mol. The Balaban J connectivity index is 1.78. The van der Waals surface area contributed by atoms with Gasteiger partial charge in [-0.15, -0.1) is 0 Å². The molecule has 3 rings (SSSR count). The maximum atomic E-state index is 13.7. The number of aliphatic hydroxyl groups is 1. The quantitative estimate of drug-likeness (QED) is 0.299. The third-order valence-corrected chi connectivity index (χ3v) is 7.34. The molecule has 3 N–H and O–H groups in total. The maximum absolute atomic E-state index is 13.7. The van der Waals surface area contributed by atoms with Crippen molar-refractivity contribution in [2.45, 2.75) is 58.1 Å². The highest BCUT2D eigenvalue weighted by atomic mass is 35.5. The van der Waals surface area contributed by atoms with Crippen molar-refractivity contribution in [3.05, 3.63) is 61.9 Å². The second-order valence-electron chi connectivity index (χ2n) is 8.71. The van der Waals surface area contributed by atoms with Crippen LogP contribution in [0.4, 0.5) is 0 Å². The molecule has 14 heteroatoms. The molecular weight excluding hydrogens is 517 g/mol. The van der Waals surface area contributed by atoms with Gasteiger partial charge in [0.15, 0.2) is 0 Å². The Morgan fingerprint density at radius 2 is 2.00 bits per heavy atom. The molecule has 1 aromatic carbocycles. The van der Waals surface area contributed by atoms with Crippen molar-refractivity contribution >= 4 is 25.3 Å². The minimum absolute atomic E-state index is 0.0174. The van der Waals surface area contributed by atoms with E-state index in [4.69, 9.17) is 30.1 Å². The van der Waals surface area contributed by atoms with Crippen LogP contribution in [0, 0.1) is 6.92 Å². The van der Waals surface area contributed by atoms with E-state index in [1.54, 1.807) is 6.92 Å². The Bertz CT molecular complexity index is 1240. The van der Waals surface area contributed by atoms with Gasteiger partial charge in [-0.25, -0.2) is 9.36 Å². The van der Waals surface area contributed by atoms with E-state index in [1.807, 2.05) is 0 Å². The third-order valence-electron chi connectivity index (χ3n) is 5.31. The lowest BCUT2D eigenvalue weighted by Gasteiger charge is -2.29. The van der Waals surface area contributed by atoms with Crippen LogP contribution < -0.4 is 20.9 Å². The minimum Gasteiger partial charge on any atom is -0.465 e. The number of hydrogen-bond donors (Lipinski definition) is 3. The van der Waals surface area contributed by atoms with E-state index in [2.05, 4.69) is 10.1 Å². The number of rotatable bonds is 10. The van der Waals surface area contributed by atoms with Crippen LogP contribution in [0.1, 0.15) is 39.0 Å². The Kier molecular flexibility index (Phi) is 8.81. The second-order valence-corrected chi connectivity index (χ2v) is 10.8. The number of aryl methyl sites for hydroxylation is 1. The molecule has 36 heavy (non-hydrogen) atoms. The van der Waals surface area contributed by atoms with Crippen molar-refractivity contribution in [2.24, 2.45) is 0 Å². The third kappa shape index (κ3) is 6.84. The summed E-state index contributed by atoms with van der Waals surface area (Å²) in [4.78, 5) is 38.4. The normalized spacial score (nSPS) is 21.7. The minimum atomic E-state index is -4.25. The summed E-state index contributed by atoms with van der Waals surface area (Å²) in [6.45, 7) is 5.77. The Hall–Kier alpha value is -2.47. The van der Waals surface area contributed by atoms with E-state index in [0.29, 0.717) is 10.6 Å². The van der Waals surface area contributed by atoms with Crippen LogP contribution in [0.15, 0.2) is 40.1 Å². The van der Waals surface area contributed by atoms with Gasteiger partial charge in [0.25, 0.3) is 5.56 Å². The smallest absolute Gasteiger partial charge is 0.459 e. The first-order valence-corrected chi connectivity index (χ1v) is 13.1. The van der Waals surface area contributed by atoms with Gasteiger partial charge < -0.3 is 19.1 Å². The lowest BCUT2D eigenvalue weighted by Crippen LogP contribution is -2.47.